The minimum atomic E-state index is -0.670. The quantitative estimate of drug-likeness (QED) is 0.736. The molecule has 6 nitrogen and oxygen atoms in total. The van der Waals surface area contributed by atoms with Crippen molar-refractivity contribution < 1.29 is 9.53 Å². The van der Waals surface area contributed by atoms with E-state index >= 15 is 0 Å². The molecule has 1 aliphatic rings. The van der Waals surface area contributed by atoms with Gasteiger partial charge in [-0.15, -0.1) is 0 Å². The first-order valence-electron chi connectivity index (χ1n) is 8.23. The summed E-state index contributed by atoms with van der Waals surface area (Å²) >= 11 is 0. The second kappa shape index (κ2) is 5.81. The lowest BCUT2D eigenvalue weighted by molar-refractivity contribution is 0.00952. The van der Waals surface area contributed by atoms with E-state index in [1.807, 2.05) is 38.1 Å². The Morgan fingerprint density at radius 3 is 2.54 bits per heavy atom. The molecule has 26 heavy (non-hydrogen) atoms. The number of carbonyl (C=O) groups is 1. The average Bonchev–Trinajstić information content (AvgIpc) is 3.23. The molecule has 0 saturated heterocycles. The van der Waals surface area contributed by atoms with Gasteiger partial charge in [0.15, 0.2) is 5.82 Å². The van der Waals surface area contributed by atoms with E-state index in [-0.39, 0.29) is 11.9 Å². The number of hydrogen-bond donors (Lipinski definition) is 1. The van der Waals surface area contributed by atoms with Crippen molar-refractivity contribution in [3.63, 3.8) is 0 Å². The number of nitriles is 1. The van der Waals surface area contributed by atoms with Crippen molar-refractivity contribution in [1.82, 2.24) is 15.2 Å². The van der Waals surface area contributed by atoms with Gasteiger partial charge >= 0.3 is 5.97 Å². The molecular weight excluding hydrogens is 328 g/mol. The molecular formula is C20H16N4O2. The molecule has 0 spiro atoms. The molecule has 2 aromatic carbocycles. The van der Waals surface area contributed by atoms with Gasteiger partial charge in [-0.2, -0.15) is 10.4 Å². The first-order chi connectivity index (χ1) is 12.5. The molecule has 2 heterocycles. The number of nitrogens with one attached hydrogen (secondary N) is 1. The van der Waals surface area contributed by atoms with E-state index in [1.165, 1.54) is 6.33 Å². The lowest BCUT2D eigenvalue weighted by Gasteiger charge is -2.20. The second-order valence-corrected chi connectivity index (χ2v) is 6.73. The molecule has 1 aliphatic heterocycles. The van der Waals surface area contributed by atoms with Crippen LogP contribution in [0.15, 0.2) is 48.8 Å². The minimum absolute atomic E-state index is 0.217. The Balaban J connectivity index is 1.86. The van der Waals surface area contributed by atoms with Gasteiger partial charge in [-0.3, -0.25) is 5.10 Å². The molecule has 1 unspecified atom stereocenters. The summed E-state index contributed by atoms with van der Waals surface area (Å²) in [4.78, 5) is 16.4. The number of carbonyl (C=O) groups excluding carboxylic acids is 1. The summed E-state index contributed by atoms with van der Waals surface area (Å²) in [7, 11) is 0. The van der Waals surface area contributed by atoms with Crippen molar-refractivity contribution >= 4 is 5.97 Å². The van der Waals surface area contributed by atoms with Gasteiger partial charge in [-0.25, -0.2) is 9.78 Å². The summed E-state index contributed by atoms with van der Waals surface area (Å²) < 4.78 is 5.47. The fourth-order valence-electron chi connectivity index (χ4n) is 3.36. The second-order valence-electron chi connectivity index (χ2n) is 6.73. The highest BCUT2D eigenvalue weighted by Crippen LogP contribution is 2.39. The zero-order valence-corrected chi connectivity index (χ0v) is 14.4. The van der Waals surface area contributed by atoms with Gasteiger partial charge in [0.05, 0.1) is 23.1 Å². The zero-order chi connectivity index (χ0) is 18.3. The number of cyclic esters (lactones) is 1. The van der Waals surface area contributed by atoms with Gasteiger partial charge in [0.25, 0.3) is 0 Å². The molecule has 0 aliphatic carbocycles. The van der Waals surface area contributed by atoms with E-state index in [0.29, 0.717) is 17.0 Å². The summed E-state index contributed by atoms with van der Waals surface area (Å²) in [6.07, 6.45) is 1.54. The van der Waals surface area contributed by atoms with Gasteiger partial charge in [-0.05, 0) is 49.2 Å². The van der Waals surface area contributed by atoms with Gasteiger partial charge in [0, 0.05) is 5.56 Å². The number of rotatable bonds is 3. The van der Waals surface area contributed by atoms with Crippen LogP contribution in [0.1, 0.15) is 58.2 Å². The molecule has 0 bridgehead atoms. The first kappa shape index (κ1) is 16.0. The number of aromatic amines is 1. The maximum absolute atomic E-state index is 12.0. The Bertz CT molecular complexity index is 1010. The van der Waals surface area contributed by atoms with Crippen LogP contribution in [0.2, 0.25) is 0 Å². The van der Waals surface area contributed by atoms with Crippen molar-refractivity contribution in [2.24, 2.45) is 0 Å². The summed E-state index contributed by atoms with van der Waals surface area (Å²) in [5.74, 6) is 0.105. The van der Waals surface area contributed by atoms with E-state index in [4.69, 9.17) is 10.00 Å². The van der Waals surface area contributed by atoms with Crippen LogP contribution in [0.5, 0.6) is 0 Å². The largest absolute Gasteiger partial charge is 0.451 e. The van der Waals surface area contributed by atoms with Crippen LogP contribution >= 0.6 is 0 Å². The number of fused-ring (bicyclic) bond motifs is 1. The highest BCUT2D eigenvalue weighted by atomic mass is 16.6. The Labute approximate surface area is 150 Å². The third kappa shape index (κ3) is 2.54. The van der Waals surface area contributed by atoms with Crippen LogP contribution in [0, 0.1) is 11.3 Å². The topological polar surface area (TPSA) is 91.7 Å². The van der Waals surface area contributed by atoms with Crippen molar-refractivity contribution in [1.29, 1.82) is 5.26 Å². The van der Waals surface area contributed by atoms with Crippen LogP contribution in [-0.4, -0.2) is 21.2 Å². The van der Waals surface area contributed by atoms with Crippen LogP contribution in [0.25, 0.3) is 0 Å². The van der Waals surface area contributed by atoms with Gasteiger partial charge < -0.3 is 4.74 Å². The van der Waals surface area contributed by atoms with Gasteiger partial charge in [0.2, 0.25) is 0 Å². The van der Waals surface area contributed by atoms with Crippen molar-refractivity contribution in [2.45, 2.75) is 25.4 Å². The van der Waals surface area contributed by atoms with E-state index in [1.54, 1.807) is 18.2 Å². The number of H-pyrrole nitrogens is 1. The minimum Gasteiger partial charge on any atom is -0.451 e. The zero-order valence-electron chi connectivity index (χ0n) is 14.4. The first-order valence-corrected chi connectivity index (χ1v) is 8.23. The number of nitrogens with zero attached hydrogens (tertiary/aromatic N) is 3. The summed E-state index contributed by atoms with van der Waals surface area (Å²) in [5.41, 5.74) is 3.29. The standard InChI is InChI=1S/C20H16N4O2/c1-20(2)16-9-14(7-8-15(16)19(25)26-20)17(18-22-11-23-24-18)13-5-3-12(10-21)4-6-13/h3-9,11,17H,1-2H3,(H,22,23,24). The van der Waals surface area contributed by atoms with E-state index < -0.39 is 5.60 Å². The Kier molecular flexibility index (Phi) is 3.58. The van der Waals surface area contributed by atoms with Crippen LogP contribution < -0.4 is 0 Å². The van der Waals surface area contributed by atoms with Crippen LogP contribution in [-0.2, 0) is 10.3 Å². The summed E-state index contributed by atoms with van der Waals surface area (Å²) in [6, 6.07) is 15.2. The number of hydrogen-bond acceptors (Lipinski definition) is 5. The van der Waals surface area contributed by atoms with Crippen molar-refractivity contribution in [3.8, 4) is 6.07 Å². The Morgan fingerprint density at radius 1 is 1.15 bits per heavy atom. The SMILES string of the molecule is CC1(C)OC(=O)c2ccc(C(c3ccc(C#N)cc3)c3nc[nH]n3)cc21. The van der Waals surface area contributed by atoms with E-state index in [2.05, 4.69) is 21.3 Å². The third-order valence-electron chi connectivity index (χ3n) is 4.66. The number of esters is 1. The van der Waals surface area contributed by atoms with Crippen molar-refractivity contribution in [3.05, 3.63) is 82.4 Å². The Morgan fingerprint density at radius 2 is 1.88 bits per heavy atom. The molecule has 128 valence electrons. The summed E-state index contributed by atoms with van der Waals surface area (Å²) in [6.45, 7) is 3.76. The molecule has 4 rings (SSSR count). The van der Waals surface area contributed by atoms with Gasteiger partial charge in [-0.1, -0.05) is 18.2 Å². The molecule has 1 N–H and O–H groups in total. The molecule has 0 radical (unpaired) electrons. The predicted octanol–water partition coefficient (Wildman–Crippen LogP) is 3.26. The predicted molar refractivity (Wildman–Crippen MR) is 93.4 cm³/mol. The lowest BCUT2D eigenvalue weighted by Crippen LogP contribution is -2.16. The van der Waals surface area contributed by atoms with Crippen molar-refractivity contribution in [2.75, 3.05) is 0 Å². The average molecular weight is 344 g/mol. The molecule has 0 fully saturated rings. The van der Waals surface area contributed by atoms with Gasteiger partial charge in [0.1, 0.15) is 11.9 Å². The highest BCUT2D eigenvalue weighted by Gasteiger charge is 2.38. The lowest BCUT2D eigenvalue weighted by atomic mass is 9.86. The van der Waals surface area contributed by atoms with Crippen LogP contribution in [0.4, 0.5) is 0 Å². The van der Waals surface area contributed by atoms with E-state index in [0.717, 1.165) is 16.7 Å². The fourth-order valence-corrected chi connectivity index (χ4v) is 3.36. The number of ether oxygens (including phenoxy) is 1. The number of aromatic nitrogens is 3. The van der Waals surface area contributed by atoms with Crippen LogP contribution in [0.3, 0.4) is 0 Å². The molecule has 1 aromatic heterocycles. The third-order valence-corrected chi connectivity index (χ3v) is 4.66. The monoisotopic (exact) mass is 344 g/mol. The maximum Gasteiger partial charge on any atom is 0.339 e. The maximum atomic E-state index is 12.0. The molecule has 1 atom stereocenters. The van der Waals surface area contributed by atoms with E-state index in [9.17, 15) is 4.79 Å². The smallest absolute Gasteiger partial charge is 0.339 e. The molecule has 0 amide bonds. The molecule has 3 aromatic rings. The molecule has 6 heteroatoms. The molecule has 0 saturated carbocycles. The normalized spacial score (nSPS) is 15.8. The fraction of sp³-hybridized carbons (Fsp3) is 0.200. The Hall–Kier alpha value is -3.46. The highest BCUT2D eigenvalue weighted by molar-refractivity contribution is 5.94. The summed E-state index contributed by atoms with van der Waals surface area (Å²) in [5, 5.41) is 16.0. The number of benzene rings is 2.